The van der Waals surface area contributed by atoms with Gasteiger partial charge in [0, 0.05) is 24.8 Å². The summed E-state index contributed by atoms with van der Waals surface area (Å²) in [7, 11) is 0. The van der Waals surface area contributed by atoms with Crippen molar-refractivity contribution in [2.75, 3.05) is 19.4 Å². The van der Waals surface area contributed by atoms with Crippen molar-refractivity contribution in [2.45, 2.75) is 24.7 Å². The van der Waals surface area contributed by atoms with Crippen molar-refractivity contribution in [3.63, 3.8) is 0 Å². The third-order valence-corrected chi connectivity index (χ3v) is 3.89. The van der Waals surface area contributed by atoms with Gasteiger partial charge in [0.1, 0.15) is 0 Å². The lowest BCUT2D eigenvalue weighted by Crippen LogP contribution is -2.25. The van der Waals surface area contributed by atoms with Crippen LogP contribution in [-0.2, 0) is 0 Å². The van der Waals surface area contributed by atoms with Gasteiger partial charge in [-0.2, -0.15) is 0 Å². The molecule has 0 aliphatic carbocycles. The summed E-state index contributed by atoms with van der Waals surface area (Å²) < 4.78 is 0. The van der Waals surface area contributed by atoms with Crippen molar-refractivity contribution in [3.8, 4) is 0 Å². The molecule has 0 spiro atoms. The largest absolute Gasteiger partial charge is 0.396 e. The molecular weight excluding hydrogens is 292 g/mol. The van der Waals surface area contributed by atoms with Crippen LogP contribution in [0.1, 0.15) is 30.1 Å². The first-order valence-corrected chi connectivity index (χ1v) is 7.93. The Balaban J connectivity index is 2.62. The van der Waals surface area contributed by atoms with E-state index in [1.807, 2.05) is 6.92 Å². The van der Waals surface area contributed by atoms with Gasteiger partial charge in [-0.25, -0.2) is 0 Å². The molecule has 0 saturated heterocycles. The maximum Gasteiger partial charge on any atom is 0.283 e. The van der Waals surface area contributed by atoms with Crippen molar-refractivity contribution in [1.82, 2.24) is 5.32 Å². The number of thioether (sulfide) groups is 1. The van der Waals surface area contributed by atoms with Crippen LogP contribution in [0.3, 0.4) is 0 Å². The number of benzene rings is 1. The van der Waals surface area contributed by atoms with E-state index in [1.54, 1.807) is 18.4 Å². The summed E-state index contributed by atoms with van der Waals surface area (Å²) in [5.74, 6) is -0.105. The van der Waals surface area contributed by atoms with Crippen LogP contribution in [0.5, 0.6) is 0 Å². The Morgan fingerprint density at radius 1 is 1.52 bits per heavy atom. The first-order valence-electron chi connectivity index (χ1n) is 6.71. The fourth-order valence-electron chi connectivity index (χ4n) is 1.82. The summed E-state index contributed by atoms with van der Waals surface area (Å²) in [5, 5.41) is 22.6. The number of nitrogens with zero attached hydrogens (tertiary/aromatic N) is 1. The lowest BCUT2D eigenvalue weighted by molar-refractivity contribution is -0.387. The zero-order valence-electron chi connectivity index (χ0n) is 12.2. The van der Waals surface area contributed by atoms with Gasteiger partial charge in [0.2, 0.25) is 0 Å². The molecule has 1 unspecified atom stereocenters. The van der Waals surface area contributed by atoms with Crippen LogP contribution < -0.4 is 5.32 Å². The number of hydrogen-bond donors (Lipinski definition) is 2. The van der Waals surface area contributed by atoms with Crippen LogP contribution in [0.15, 0.2) is 23.1 Å². The van der Waals surface area contributed by atoms with E-state index < -0.39 is 4.92 Å². The zero-order chi connectivity index (χ0) is 15.8. The minimum Gasteiger partial charge on any atom is -0.396 e. The van der Waals surface area contributed by atoms with E-state index in [4.69, 9.17) is 5.11 Å². The molecule has 1 aromatic carbocycles. The second-order valence-corrected chi connectivity index (χ2v) is 5.68. The molecule has 1 aromatic rings. The highest BCUT2D eigenvalue weighted by atomic mass is 32.2. The highest BCUT2D eigenvalue weighted by molar-refractivity contribution is 7.98. The van der Waals surface area contributed by atoms with Crippen LogP contribution >= 0.6 is 11.8 Å². The number of nitrogens with one attached hydrogen (secondary N) is 1. The SMILES string of the molecule is CSc1ccc(C(=O)NCCCC(C)CO)cc1[N+](=O)[O-]. The maximum atomic E-state index is 11.9. The van der Waals surface area contributed by atoms with Gasteiger partial charge in [-0.15, -0.1) is 11.8 Å². The molecule has 6 nitrogen and oxygen atoms in total. The molecule has 7 heteroatoms. The summed E-state index contributed by atoms with van der Waals surface area (Å²) >= 11 is 1.27. The topological polar surface area (TPSA) is 92.5 Å². The quantitative estimate of drug-likeness (QED) is 0.333. The predicted molar refractivity (Wildman–Crippen MR) is 82.7 cm³/mol. The highest BCUT2D eigenvalue weighted by Gasteiger charge is 2.16. The Morgan fingerprint density at radius 3 is 2.81 bits per heavy atom. The Hall–Kier alpha value is -1.60. The number of carbonyl (C=O) groups excluding carboxylic acids is 1. The molecule has 21 heavy (non-hydrogen) atoms. The average molecular weight is 312 g/mol. The van der Waals surface area contributed by atoms with Gasteiger partial charge in [0.25, 0.3) is 11.6 Å². The van der Waals surface area contributed by atoms with Gasteiger partial charge in [-0.3, -0.25) is 14.9 Å². The van der Waals surface area contributed by atoms with Crippen LogP contribution in [0.2, 0.25) is 0 Å². The Morgan fingerprint density at radius 2 is 2.24 bits per heavy atom. The summed E-state index contributed by atoms with van der Waals surface area (Å²) in [6.07, 6.45) is 3.34. The highest BCUT2D eigenvalue weighted by Crippen LogP contribution is 2.28. The van der Waals surface area contributed by atoms with E-state index in [0.29, 0.717) is 11.4 Å². The van der Waals surface area contributed by atoms with E-state index >= 15 is 0 Å². The van der Waals surface area contributed by atoms with Crippen molar-refractivity contribution < 1.29 is 14.8 Å². The standard InChI is InChI=1S/C14H20N2O4S/c1-10(9-17)4-3-7-15-14(18)11-5-6-13(21-2)12(8-11)16(19)20/h5-6,8,10,17H,3-4,7,9H2,1-2H3,(H,15,18). The first-order chi connectivity index (χ1) is 9.99. The summed E-state index contributed by atoms with van der Waals surface area (Å²) in [6, 6.07) is 4.48. The van der Waals surface area contributed by atoms with Gasteiger partial charge in [0.05, 0.1) is 9.82 Å². The van der Waals surface area contributed by atoms with Crippen molar-refractivity contribution in [3.05, 3.63) is 33.9 Å². The number of aliphatic hydroxyl groups excluding tert-OH is 1. The van der Waals surface area contributed by atoms with Gasteiger partial charge in [-0.1, -0.05) is 6.92 Å². The number of nitro benzene ring substituents is 1. The van der Waals surface area contributed by atoms with E-state index in [1.165, 1.54) is 17.8 Å². The van der Waals surface area contributed by atoms with E-state index in [2.05, 4.69) is 5.32 Å². The lowest BCUT2D eigenvalue weighted by atomic mass is 10.1. The number of aliphatic hydroxyl groups is 1. The van der Waals surface area contributed by atoms with Gasteiger partial charge < -0.3 is 10.4 Å². The van der Waals surface area contributed by atoms with Crippen molar-refractivity contribution in [1.29, 1.82) is 0 Å². The normalized spacial score (nSPS) is 12.0. The first kappa shape index (κ1) is 17.5. The fourth-order valence-corrected chi connectivity index (χ4v) is 2.37. The van der Waals surface area contributed by atoms with E-state index in [-0.39, 0.29) is 29.7 Å². The zero-order valence-corrected chi connectivity index (χ0v) is 13.0. The second kappa shape index (κ2) is 8.63. The lowest BCUT2D eigenvalue weighted by Gasteiger charge is -2.09. The molecule has 1 atom stereocenters. The molecule has 0 heterocycles. The number of amides is 1. The van der Waals surface area contributed by atoms with Gasteiger partial charge in [-0.05, 0) is 37.1 Å². The average Bonchev–Trinajstić information content (AvgIpc) is 2.50. The molecule has 0 radical (unpaired) electrons. The molecule has 0 bridgehead atoms. The Bertz CT molecular complexity index is 508. The number of nitro groups is 1. The Kier molecular flexibility index (Phi) is 7.18. The molecule has 116 valence electrons. The van der Waals surface area contributed by atoms with Crippen molar-refractivity contribution in [2.24, 2.45) is 5.92 Å². The summed E-state index contributed by atoms with van der Waals surface area (Å²) in [6.45, 7) is 2.56. The second-order valence-electron chi connectivity index (χ2n) is 4.83. The molecule has 2 N–H and O–H groups in total. The van der Waals surface area contributed by atoms with Crippen molar-refractivity contribution >= 4 is 23.4 Å². The number of rotatable bonds is 8. The van der Waals surface area contributed by atoms with Gasteiger partial charge in [0.15, 0.2) is 0 Å². The third-order valence-electron chi connectivity index (χ3n) is 3.11. The van der Waals surface area contributed by atoms with Gasteiger partial charge >= 0.3 is 0 Å². The summed E-state index contributed by atoms with van der Waals surface area (Å²) in [4.78, 5) is 23.0. The van der Waals surface area contributed by atoms with E-state index in [9.17, 15) is 14.9 Å². The molecule has 0 aliphatic heterocycles. The molecule has 0 aliphatic rings. The third kappa shape index (κ3) is 5.35. The maximum absolute atomic E-state index is 11.9. The van der Waals surface area contributed by atoms with Crippen LogP contribution in [0, 0.1) is 16.0 Å². The molecule has 0 fully saturated rings. The van der Waals surface area contributed by atoms with E-state index in [0.717, 1.165) is 12.8 Å². The van der Waals surface area contributed by atoms with Crippen LogP contribution in [0.25, 0.3) is 0 Å². The van der Waals surface area contributed by atoms with Crippen LogP contribution in [0.4, 0.5) is 5.69 Å². The molecule has 1 amide bonds. The Labute approximate surface area is 128 Å². The number of carbonyl (C=O) groups is 1. The predicted octanol–water partition coefficient (Wildman–Crippen LogP) is 2.46. The fraction of sp³-hybridized carbons (Fsp3) is 0.500. The monoisotopic (exact) mass is 312 g/mol. The minimum atomic E-state index is -0.481. The summed E-state index contributed by atoms with van der Waals surface area (Å²) in [5.41, 5.74) is 0.235. The minimum absolute atomic E-state index is 0.0518. The molecule has 0 aromatic heterocycles. The van der Waals surface area contributed by atoms with Crippen LogP contribution in [-0.4, -0.2) is 35.3 Å². The molecular formula is C14H20N2O4S. The molecule has 0 saturated carbocycles. The molecule has 1 rings (SSSR count). The smallest absolute Gasteiger partial charge is 0.283 e. The number of hydrogen-bond acceptors (Lipinski definition) is 5.